The minimum absolute atomic E-state index is 0.117. The Labute approximate surface area is 192 Å². The third kappa shape index (κ3) is 5.70. The highest BCUT2D eigenvalue weighted by Gasteiger charge is 2.28. The molecule has 0 radical (unpaired) electrons. The van der Waals surface area contributed by atoms with Crippen LogP contribution in [0.4, 0.5) is 0 Å². The van der Waals surface area contributed by atoms with Crippen LogP contribution in [-0.2, 0) is 16.0 Å². The highest BCUT2D eigenvalue weighted by Crippen LogP contribution is 2.24. The number of carbonyl (C=O) groups excluding carboxylic acids is 1. The molecule has 7 heteroatoms. The van der Waals surface area contributed by atoms with Crippen molar-refractivity contribution in [2.75, 3.05) is 7.05 Å². The van der Waals surface area contributed by atoms with E-state index in [0.29, 0.717) is 11.5 Å². The Balaban J connectivity index is 1.84. The molecule has 1 atom stereocenters. The SMILES string of the molecule is Cc1ccc(-c2ccc(/C=C(/NC=S)C(=O)N(C)C(Cc3ccccc3)C(=O)O)o2)cc1. The molecule has 1 heterocycles. The molecule has 0 saturated heterocycles. The maximum absolute atomic E-state index is 13.1. The fourth-order valence-corrected chi connectivity index (χ4v) is 3.36. The number of nitrogens with zero attached hydrogens (tertiary/aromatic N) is 1. The third-order valence-electron chi connectivity index (χ3n) is 5.04. The summed E-state index contributed by atoms with van der Waals surface area (Å²) >= 11 is 4.87. The van der Waals surface area contributed by atoms with Crippen LogP contribution in [0, 0.1) is 6.92 Å². The Bertz CT molecular complexity index is 1120. The zero-order valence-electron chi connectivity index (χ0n) is 17.8. The number of amides is 1. The molecule has 0 bridgehead atoms. The molecule has 0 saturated carbocycles. The Kier molecular flexibility index (Phi) is 7.57. The van der Waals surface area contributed by atoms with Gasteiger partial charge in [0.1, 0.15) is 23.3 Å². The number of likely N-dealkylation sites (N-methyl/N-ethyl adjacent to an activating group) is 1. The molecule has 3 rings (SSSR count). The van der Waals surface area contributed by atoms with Gasteiger partial charge in [-0.3, -0.25) is 4.79 Å². The Morgan fingerprint density at radius 1 is 1.09 bits per heavy atom. The summed E-state index contributed by atoms with van der Waals surface area (Å²) in [5.74, 6) is -0.503. The van der Waals surface area contributed by atoms with Gasteiger partial charge in [0.15, 0.2) is 0 Å². The number of furan rings is 1. The lowest BCUT2D eigenvalue weighted by molar-refractivity contribution is -0.147. The van der Waals surface area contributed by atoms with Gasteiger partial charge in [0, 0.05) is 25.1 Å². The average Bonchev–Trinajstić information content (AvgIpc) is 3.26. The molecule has 0 aliphatic rings. The molecule has 2 aromatic carbocycles. The average molecular weight is 449 g/mol. The molecule has 32 heavy (non-hydrogen) atoms. The van der Waals surface area contributed by atoms with Gasteiger partial charge in [0.25, 0.3) is 5.91 Å². The maximum atomic E-state index is 13.1. The molecular weight excluding hydrogens is 424 g/mol. The number of nitrogens with one attached hydrogen (secondary N) is 1. The van der Waals surface area contributed by atoms with E-state index in [9.17, 15) is 14.7 Å². The lowest BCUT2D eigenvalue weighted by Gasteiger charge is -2.26. The zero-order valence-corrected chi connectivity index (χ0v) is 18.6. The van der Waals surface area contributed by atoms with Crippen molar-refractivity contribution < 1.29 is 19.1 Å². The second kappa shape index (κ2) is 10.5. The Hall–Kier alpha value is -3.71. The summed E-state index contributed by atoms with van der Waals surface area (Å²) in [7, 11) is 1.46. The van der Waals surface area contributed by atoms with E-state index < -0.39 is 17.9 Å². The van der Waals surface area contributed by atoms with Gasteiger partial charge in [-0.05, 0) is 24.6 Å². The van der Waals surface area contributed by atoms with Crippen LogP contribution in [0.15, 0.2) is 76.8 Å². The van der Waals surface area contributed by atoms with Gasteiger partial charge in [0.05, 0.1) is 5.49 Å². The first kappa shape index (κ1) is 23.0. The summed E-state index contributed by atoms with van der Waals surface area (Å²) in [4.78, 5) is 26.2. The maximum Gasteiger partial charge on any atom is 0.326 e. The van der Waals surface area contributed by atoms with Gasteiger partial charge in [-0.15, -0.1) is 0 Å². The summed E-state index contributed by atoms with van der Waals surface area (Å²) in [6, 6.07) is 19.6. The van der Waals surface area contributed by atoms with Crippen LogP contribution >= 0.6 is 12.2 Å². The van der Waals surface area contributed by atoms with Crippen LogP contribution in [-0.4, -0.2) is 40.5 Å². The second-order valence-corrected chi connectivity index (χ2v) is 7.58. The van der Waals surface area contributed by atoms with Crippen molar-refractivity contribution in [1.29, 1.82) is 0 Å². The predicted octanol–water partition coefficient (Wildman–Crippen LogP) is 4.30. The number of hydrogen-bond donors (Lipinski definition) is 2. The molecule has 0 spiro atoms. The number of thiocarbonyl (C=S) groups is 1. The van der Waals surface area contributed by atoms with Gasteiger partial charge in [-0.25, -0.2) is 4.79 Å². The van der Waals surface area contributed by atoms with E-state index in [-0.39, 0.29) is 12.1 Å². The first-order valence-corrected chi connectivity index (χ1v) is 10.5. The normalized spacial score (nSPS) is 12.1. The van der Waals surface area contributed by atoms with Gasteiger partial charge in [-0.1, -0.05) is 72.4 Å². The van der Waals surface area contributed by atoms with Gasteiger partial charge >= 0.3 is 5.97 Å². The summed E-state index contributed by atoms with van der Waals surface area (Å²) in [5, 5.41) is 12.5. The monoisotopic (exact) mass is 448 g/mol. The molecule has 0 aliphatic heterocycles. The molecule has 6 nitrogen and oxygen atoms in total. The molecular formula is C25H24N2O4S. The Morgan fingerprint density at radius 3 is 2.41 bits per heavy atom. The number of hydrogen-bond acceptors (Lipinski definition) is 4. The van der Waals surface area contributed by atoms with Crippen molar-refractivity contribution in [3.8, 4) is 11.3 Å². The van der Waals surface area contributed by atoms with Crippen LogP contribution in [0.2, 0.25) is 0 Å². The van der Waals surface area contributed by atoms with Crippen molar-refractivity contribution in [3.05, 3.63) is 89.3 Å². The summed E-state index contributed by atoms with van der Waals surface area (Å²) in [5.41, 5.74) is 4.20. The quantitative estimate of drug-likeness (QED) is 0.375. The predicted molar refractivity (Wildman–Crippen MR) is 128 cm³/mol. The fraction of sp³-hybridized carbons (Fsp3) is 0.160. The third-order valence-corrected chi connectivity index (χ3v) is 5.16. The van der Waals surface area contributed by atoms with E-state index in [1.54, 1.807) is 6.07 Å². The fourth-order valence-electron chi connectivity index (χ4n) is 3.23. The van der Waals surface area contributed by atoms with Crippen molar-refractivity contribution in [1.82, 2.24) is 10.2 Å². The van der Waals surface area contributed by atoms with Crippen LogP contribution < -0.4 is 5.32 Å². The van der Waals surface area contributed by atoms with Crippen molar-refractivity contribution >= 4 is 35.7 Å². The van der Waals surface area contributed by atoms with Crippen LogP contribution in [0.5, 0.6) is 0 Å². The first-order chi connectivity index (χ1) is 15.4. The van der Waals surface area contributed by atoms with Crippen molar-refractivity contribution in [3.63, 3.8) is 0 Å². The smallest absolute Gasteiger partial charge is 0.326 e. The van der Waals surface area contributed by atoms with Crippen molar-refractivity contribution in [2.24, 2.45) is 0 Å². The lowest BCUT2D eigenvalue weighted by atomic mass is 10.0. The molecule has 2 N–H and O–H groups in total. The number of rotatable bonds is 9. The van der Waals surface area contributed by atoms with Gasteiger partial charge in [-0.2, -0.15) is 0 Å². The molecule has 1 aromatic heterocycles. The molecule has 3 aromatic rings. The molecule has 0 fully saturated rings. The highest BCUT2D eigenvalue weighted by atomic mass is 32.1. The second-order valence-electron chi connectivity index (χ2n) is 7.35. The van der Waals surface area contributed by atoms with Gasteiger partial charge < -0.3 is 19.7 Å². The number of carbonyl (C=O) groups is 2. The van der Waals surface area contributed by atoms with Crippen LogP contribution in [0.25, 0.3) is 17.4 Å². The number of carboxylic acids is 1. The van der Waals surface area contributed by atoms with E-state index in [0.717, 1.165) is 16.7 Å². The minimum Gasteiger partial charge on any atom is -0.480 e. The standard InChI is InChI=1S/C25H24N2O4S/c1-17-8-10-19(11-9-17)23-13-12-20(31-23)15-21(26-16-32)24(28)27(2)22(25(29)30)14-18-6-4-3-5-7-18/h3-13,15-16,22H,14H2,1-2H3,(H,26,32)(H,29,30)/b21-15+. The van der Waals surface area contributed by atoms with E-state index in [2.05, 4.69) is 5.32 Å². The summed E-state index contributed by atoms with van der Waals surface area (Å²) < 4.78 is 5.87. The van der Waals surface area contributed by atoms with Crippen LogP contribution in [0.3, 0.4) is 0 Å². The largest absolute Gasteiger partial charge is 0.480 e. The molecule has 164 valence electrons. The molecule has 0 aliphatic carbocycles. The Morgan fingerprint density at radius 2 is 1.78 bits per heavy atom. The minimum atomic E-state index is -1.09. The number of aryl methyl sites for hydroxylation is 1. The topological polar surface area (TPSA) is 82.8 Å². The lowest BCUT2D eigenvalue weighted by Crippen LogP contribution is -2.46. The molecule has 1 amide bonds. The summed E-state index contributed by atoms with van der Waals surface area (Å²) in [6.45, 7) is 2.01. The zero-order chi connectivity index (χ0) is 23.1. The van der Waals surface area contributed by atoms with E-state index >= 15 is 0 Å². The molecule has 1 unspecified atom stereocenters. The van der Waals surface area contributed by atoms with E-state index in [1.807, 2.05) is 67.6 Å². The van der Waals surface area contributed by atoms with Crippen LogP contribution in [0.1, 0.15) is 16.9 Å². The number of benzene rings is 2. The number of aliphatic carboxylic acids is 1. The number of carboxylic acid groups (broad SMARTS) is 1. The summed E-state index contributed by atoms with van der Waals surface area (Å²) in [6.07, 6.45) is 1.70. The van der Waals surface area contributed by atoms with Crippen molar-refractivity contribution in [2.45, 2.75) is 19.4 Å². The van der Waals surface area contributed by atoms with E-state index in [4.69, 9.17) is 16.6 Å². The van der Waals surface area contributed by atoms with E-state index in [1.165, 1.54) is 23.5 Å². The highest BCUT2D eigenvalue weighted by molar-refractivity contribution is 7.78. The first-order valence-electron chi connectivity index (χ1n) is 10.0. The van der Waals surface area contributed by atoms with Gasteiger partial charge in [0.2, 0.25) is 0 Å².